The van der Waals surface area contributed by atoms with Gasteiger partial charge in [-0.1, -0.05) is 18.5 Å². The van der Waals surface area contributed by atoms with E-state index in [1.54, 1.807) is 0 Å². The molecule has 1 N–H and O–H groups in total. The van der Waals surface area contributed by atoms with E-state index >= 15 is 0 Å². The van der Waals surface area contributed by atoms with Gasteiger partial charge in [0.15, 0.2) is 5.58 Å². The Morgan fingerprint density at radius 3 is 3.12 bits per heavy atom. The van der Waals surface area contributed by atoms with Crippen LogP contribution in [0.25, 0.3) is 11.1 Å². The summed E-state index contributed by atoms with van der Waals surface area (Å²) < 4.78 is 5.87. The Hall–Kier alpha value is -1.06. The quantitative estimate of drug-likeness (QED) is 0.887. The Morgan fingerprint density at radius 2 is 2.41 bits per heavy atom. The van der Waals surface area contributed by atoms with Crippen molar-refractivity contribution in [2.75, 3.05) is 6.54 Å². The lowest BCUT2D eigenvalue weighted by atomic mass is 9.94. The van der Waals surface area contributed by atoms with Crippen LogP contribution >= 0.6 is 11.6 Å². The summed E-state index contributed by atoms with van der Waals surface area (Å²) in [5, 5.41) is 4.22. The van der Waals surface area contributed by atoms with Crippen molar-refractivity contribution < 1.29 is 4.42 Å². The Morgan fingerprint density at radius 1 is 1.53 bits per heavy atom. The van der Waals surface area contributed by atoms with E-state index in [4.69, 9.17) is 16.0 Å². The molecule has 1 aliphatic rings. The molecule has 1 aromatic carbocycles. The fourth-order valence-corrected chi connectivity index (χ4v) is 2.71. The van der Waals surface area contributed by atoms with Crippen molar-refractivity contribution in [2.45, 2.75) is 31.7 Å². The summed E-state index contributed by atoms with van der Waals surface area (Å²) in [7, 11) is 0. The number of hydrogen-bond donors (Lipinski definition) is 1. The van der Waals surface area contributed by atoms with Gasteiger partial charge in [-0.3, -0.25) is 0 Å². The van der Waals surface area contributed by atoms with Crippen molar-refractivity contribution in [3.63, 3.8) is 0 Å². The lowest BCUT2D eigenvalue weighted by molar-refractivity contribution is 0.292. The van der Waals surface area contributed by atoms with Crippen LogP contribution in [-0.4, -0.2) is 11.5 Å². The molecule has 0 aliphatic carbocycles. The predicted molar refractivity (Wildman–Crippen MR) is 68.2 cm³/mol. The third-order valence-corrected chi connectivity index (χ3v) is 3.84. The highest BCUT2D eigenvalue weighted by atomic mass is 35.5. The average Bonchev–Trinajstić information content (AvgIpc) is 2.94. The Bertz CT molecular complexity index is 543. The van der Waals surface area contributed by atoms with E-state index < -0.39 is 0 Å². The van der Waals surface area contributed by atoms with Crippen LogP contribution in [0.3, 0.4) is 0 Å². The fraction of sp³-hybridized carbons (Fsp3) is 0.462. The summed E-state index contributed by atoms with van der Waals surface area (Å²) in [6, 6.07) is 5.56. The number of fused-ring (bicyclic) bond motifs is 1. The van der Waals surface area contributed by atoms with Crippen LogP contribution in [0.15, 0.2) is 22.6 Å². The number of aromatic nitrogens is 1. The number of nitrogens with zero attached hydrogens (tertiary/aromatic N) is 1. The monoisotopic (exact) mass is 250 g/mol. The second-order valence-electron chi connectivity index (χ2n) is 4.60. The fourth-order valence-electron chi connectivity index (χ4n) is 2.55. The van der Waals surface area contributed by atoms with Gasteiger partial charge in [-0.05, 0) is 44.0 Å². The van der Waals surface area contributed by atoms with E-state index in [1.165, 1.54) is 6.42 Å². The first-order valence-corrected chi connectivity index (χ1v) is 6.43. The predicted octanol–water partition coefficient (Wildman–Crippen LogP) is 3.47. The highest BCUT2D eigenvalue weighted by Gasteiger charge is 2.38. The molecule has 3 rings (SSSR count). The SMILES string of the molecule is CCC1(c2nc3cc(Cl)ccc3o2)CCCN1. The normalized spacial score (nSPS) is 24.6. The zero-order valence-electron chi connectivity index (χ0n) is 9.79. The number of halogens is 1. The molecule has 1 atom stereocenters. The van der Waals surface area contributed by atoms with Crippen LogP contribution < -0.4 is 5.32 Å². The summed E-state index contributed by atoms with van der Waals surface area (Å²) in [6.45, 7) is 3.20. The molecular formula is C13H15ClN2O. The first-order valence-electron chi connectivity index (χ1n) is 6.05. The maximum atomic E-state index is 5.96. The Labute approximate surface area is 105 Å². The molecule has 1 unspecified atom stereocenters. The minimum Gasteiger partial charge on any atom is -0.439 e. The molecular weight excluding hydrogens is 236 g/mol. The lowest BCUT2D eigenvalue weighted by Gasteiger charge is -2.23. The van der Waals surface area contributed by atoms with E-state index in [-0.39, 0.29) is 5.54 Å². The summed E-state index contributed by atoms with van der Waals surface area (Å²) in [5.41, 5.74) is 1.57. The third-order valence-electron chi connectivity index (χ3n) is 3.61. The van der Waals surface area contributed by atoms with Gasteiger partial charge in [-0.15, -0.1) is 0 Å². The van der Waals surface area contributed by atoms with Crippen molar-refractivity contribution in [2.24, 2.45) is 0 Å². The van der Waals surface area contributed by atoms with Gasteiger partial charge in [0.25, 0.3) is 0 Å². The second kappa shape index (κ2) is 4.00. The van der Waals surface area contributed by atoms with Crippen molar-refractivity contribution in [1.82, 2.24) is 10.3 Å². The second-order valence-corrected chi connectivity index (χ2v) is 5.03. The Balaban J connectivity index is 2.11. The standard InChI is InChI=1S/C13H15ClN2O/c1-2-13(6-3-7-15-13)12-16-10-8-9(14)4-5-11(10)17-12/h4-5,8,15H,2-3,6-7H2,1H3. The highest BCUT2D eigenvalue weighted by Crippen LogP contribution is 2.35. The van der Waals surface area contributed by atoms with Crippen LogP contribution in [0.5, 0.6) is 0 Å². The molecule has 90 valence electrons. The smallest absolute Gasteiger partial charge is 0.215 e. The summed E-state index contributed by atoms with van der Waals surface area (Å²) >= 11 is 5.96. The molecule has 2 aromatic rings. The Kier molecular flexibility index (Phi) is 2.60. The van der Waals surface area contributed by atoms with E-state index in [0.717, 1.165) is 36.4 Å². The van der Waals surface area contributed by atoms with Gasteiger partial charge in [0.05, 0.1) is 5.54 Å². The summed E-state index contributed by atoms with van der Waals surface area (Å²) in [5.74, 6) is 0.801. The van der Waals surface area contributed by atoms with E-state index in [1.807, 2.05) is 18.2 Å². The van der Waals surface area contributed by atoms with Gasteiger partial charge < -0.3 is 9.73 Å². The first kappa shape index (κ1) is 11.1. The molecule has 0 spiro atoms. The first-order chi connectivity index (χ1) is 8.23. The van der Waals surface area contributed by atoms with Crippen LogP contribution in [0.2, 0.25) is 5.02 Å². The number of oxazole rings is 1. The molecule has 0 amide bonds. The van der Waals surface area contributed by atoms with Crippen LogP contribution in [0.1, 0.15) is 32.1 Å². The summed E-state index contributed by atoms with van der Waals surface area (Å²) in [6.07, 6.45) is 3.25. The van der Waals surface area contributed by atoms with E-state index in [2.05, 4.69) is 17.2 Å². The molecule has 1 fully saturated rings. The van der Waals surface area contributed by atoms with Gasteiger partial charge in [-0.2, -0.15) is 0 Å². The maximum absolute atomic E-state index is 5.96. The largest absolute Gasteiger partial charge is 0.439 e. The zero-order valence-corrected chi connectivity index (χ0v) is 10.5. The average molecular weight is 251 g/mol. The van der Waals surface area contributed by atoms with Crippen molar-refractivity contribution in [3.05, 3.63) is 29.1 Å². The topological polar surface area (TPSA) is 38.1 Å². The van der Waals surface area contributed by atoms with Crippen molar-refractivity contribution >= 4 is 22.7 Å². The van der Waals surface area contributed by atoms with Crippen molar-refractivity contribution in [1.29, 1.82) is 0 Å². The molecule has 17 heavy (non-hydrogen) atoms. The molecule has 0 saturated carbocycles. The number of benzene rings is 1. The summed E-state index contributed by atoms with van der Waals surface area (Å²) in [4.78, 5) is 4.58. The molecule has 4 heteroatoms. The van der Waals surface area contributed by atoms with Crippen LogP contribution in [0.4, 0.5) is 0 Å². The molecule has 1 saturated heterocycles. The maximum Gasteiger partial charge on any atom is 0.215 e. The molecule has 1 aliphatic heterocycles. The lowest BCUT2D eigenvalue weighted by Crippen LogP contribution is -2.36. The van der Waals surface area contributed by atoms with E-state index in [0.29, 0.717) is 5.02 Å². The van der Waals surface area contributed by atoms with Gasteiger partial charge >= 0.3 is 0 Å². The molecule has 2 heterocycles. The third kappa shape index (κ3) is 1.74. The zero-order chi connectivity index (χ0) is 11.9. The van der Waals surface area contributed by atoms with Crippen LogP contribution in [0, 0.1) is 0 Å². The van der Waals surface area contributed by atoms with Crippen molar-refractivity contribution in [3.8, 4) is 0 Å². The minimum atomic E-state index is -0.0779. The van der Waals surface area contributed by atoms with Gasteiger partial charge in [-0.25, -0.2) is 4.98 Å². The number of nitrogens with one attached hydrogen (secondary N) is 1. The molecule has 3 nitrogen and oxygen atoms in total. The number of hydrogen-bond acceptors (Lipinski definition) is 3. The molecule has 0 radical (unpaired) electrons. The van der Waals surface area contributed by atoms with Crippen LogP contribution in [-0.2, 0) is 5.54 Å². The van der Waals surface area contributed by atoms with Gasteiger partial charge in [0.2, 0.25) is 5.89 Å². The molecule has 1 aromatic heterocycles. The molecule has 0 bridgehead atoms. The minimum absolute atomic E-state index is 0.0779. The number of rotatable bonds is 2. The van der Waals surface area contributed by atoms with Gasteiger partial charge in [0, 0.05) is 5.02 Å². The van der Waals surface area contributed by atoms with Gasteiger partial charge in [0.1, 0.15) is 5.52 Å². The van der Waals surface area contributed by atoms with E-state index in [9.17, 15) is 0 Å². The highest BCUT2D eigenvalue weighted by molar-refractivity contribution is 6.31.